The fraction of sp³-hybridized carbons (Fsp3) is 0.357. The molecule has 0 radical (unpaired) electrons. The van der Waals surface area contributed by atoms with Gasteiger partial charge in [0, 0.05) is 44.8 Å². The monoisotopic (exact) mass is 1140 g/mol. The second-order valence-corrected chi connectivity index (χ2v) is 32.4. The number of benzene rings is 9. The lowest BCUT2D eigenvalue weighted by Gasteiger charge is -2.48. The van der Waals surface area contributed by atoms with Gasteiger partial charge in [0.25, 0.3) is 6.71 Å². The van der Waals surface area contributed by atoms with Gasteiger partial charge >= 0.3 is 0 Å². The largest absolute Gasteiger partial charge is 0.311 e. The first-order valence-corrected chi connectivity index (χ1v) is 32.6. The van der Waals surface area contributed by atoms with Gasteiger partial charge in [-0.15, -0.1) is 0 Å². The molecule has 13 rings (SSSR count). The number of hydrogen-bond acceptors (Lipinski definition) is 2. The van der Waals surface area contributed by atoms with Crippen LogP contribution in [0.4, 0.5) is 34.1 Å². The second-order valence-electron chi connectivity index (χ2n) is 32.4. The zero-order valence-corrected chi connectivity index (χ0v) is 55.7. The van der Waals surface area contributed by atoms with Gasteiger partial charge < -0.3 is 9.80 Å². The minimum Gasteiger partial charge on any atom is -0.311 e. The molecule has 2 aliphatic heterocycles. The Bertz CT molecular complexity index is 4160. The first kappa shape index (κ1) is 58.7. The Hall–Kier alpha value is -7.36. The molecule has 2 heterocycles. The maximum absolute atomic E-state index is 2.75. The van der Waals surface area contributed by atoms with E-state index in [1.54, 1.807) is 0 Å². The molecule has 87 heavy (non-hydrogen) atoms. The summed E-state index contributed by atoms with van der Waals surface area (Å²) in [5.74, 6) is 0. The van der Waals surface area contributed by atoms with E-state index >= 15 is 0 Å². The van der Waals surface area contributed by atoms with E-state index < -0.39 is 0 Å². The molecule has 0 unspecified atom stereocenters. The van der Waals surface area contributed by atoms with Crippen molar-refractivity contribution in [2.45, 2.75) is 194 Å². The zero-order chi connectivity index (χ0) is 61.8. The molecule has 4 aliphatic rings. The Kier molecular flexibility index (Phi) is 13.5. The third-order valence-electron chi connectivity index (χ3n) is 22.0. The van der Waals surface area contributed by atoms with Crippen LogP contribution >= 0.6 is 0 Å². The summed E-state index contributed by atoms with van der Waals surface area (Å²) < 4.78 is 0. The Morgan fingerprint density at radius 1 is 0.310 bits per heavy atom. The number of nitrogens with zero attached hydrogens (tertiary/aromatic N) is 2. The maximum atomic E-state index is 2.75. The highest BCUT2D eigenvalue weighted by Crippen LogP contribution is 2.55. The summed E-state index contributed by atoms with van der Waals surface area (Å²) in [6.07, 6.45) is 4.64. The van der Waals surface area contributed by atoms with Crippen molar-refractivity contribution < 1.29 is 0 Å². The molecule has 0 bridgehead atoms. The highest BCUT2D eigenvalue weighted by molar-refractivity contribution is 7.00. The van der Waals surface area contributed by atoms with Crippen molar-refractivity contribution in [1.82, 2.24) is 0 Å². The van der Waals surface area contributed by atoms with Crippen LogP contribution in [0.1, 0.15) is 206 Å². The topological polar surface area (TPSA) is 6.48 Å². The average Bonchev–Trinajstić information content (AvgIpc) is 0.745. The third-order valence-corrected chi connectivity index (χ3v) is 22.0. The highest BCUT2D eigenvalue weighted by Gasteiger charge is 2.49. The van der Waals surface area contributed by atoms with E-state index in [0.29, 0.717) is 0 Å². The van der Waals surface area contributed by atoms with Crippen molar-refractivity contribution >= 4 is 57.2 Å². The molecule has 0 fully saturated rings. The Morgan fingerprint density at radius 2 is 0.736 bits per heavy atom. The molecule has 0 aromatic heterocycles. The lowest BCUT2D eigenvalue weighted by molar-refractivity contribution is 0.332. The molecule has 442 valence electrons. The van der Waals surface area contributed by atoms with Gasteiger partial charge in [0.1, 0.15) is 0 Å². The summed E-state index contributed by atoms with van der Waals surface area (Å²) in [6.45, 7) is 43.6. The van der Waals surface area contributed by atoms with Crippen LogP contribution in [0.15, 0.2) is 188 Å². The van der Waals surface area contributed by atoms with Gasteiger partial charge in [-0.25, -0.2) is 0 Å². The molecule has 0 spiro atoms. The van der Waals surface area contributed by atoms with Crippen LogP contribution in [0.25, 0.3) is 22.3 Å². The van der Waals surface area contributed by atoms with E-state index in [4.69, 9.17) is 0 Å². The van der Waals surface area contributed by atoms with E-state index in [0.717, 1.165) is 19.3 Å². The predicted molar refractivity (Wildman–Crippen MR) is 376 cm³/mol. The molecule has 0 saturated heterocycles. The summed E-state index contributed by atoms with van der Waals surface area (Å²) >= 11 is 0. The summed E-state index contributed by atoms with van der Waals surface area (Å²) in [4.78, 5) is 5.45. The van der Waals surface area contributed by atoms with Crippen molar-refractivity contribution in [3.05, 3.63) is 244 Å². The standard InChI is InChI=1S/C84H93BN2/c1-77(2,3)57-35-33-55(34-36-57)54-29-31-56(32-30-54)64-47-60(83(15,16)58-25-21-19-22-26-58)37-41-71(64)87-72-42-38-61(84(17,18)59-27-23-20-24-28-59)48-69(72)85-70-52-67-68(82(13,14)46-45-81(67,11)12)53-73(70)86(74-49-62(78(4,5)6)50-75(87)76(74)85)63-39-40-65-66(51-63)80(9,10)44-43-79(65,7)8/h19-42,47-53H,43-46H2,1-18H3. The molecule has 9 aromatic carbocycles. The Balaban J connectivity index is 1.13. The van der Waals surface area contributed by atoms with E-state index in [2.05, 4.69) is 322 Å². The lowest BCUT2D eigenvalue weighted by atomic mass is 9.32. The zero-order valence-electron chi connectivity index (χ0n) is 55.7. The Morgan fingerprint density at radius 3 is 1.26 bits per heavy atom. The minimum absolute atomic E-state index is 0.00161. The SMILES string of the molecule is CC(C)(C)c1ccc(-c2ccc(-c3cc(C(C)(C)c4ccccc4)ccc3N3c4ccc(C(C)(C)c5ccccc5)cc4B4c5cc6c(cc5N(c5ccc7c(c5)C(C)(C)CCC7(C)C)c5cc(C(C)(C)C)cc3c54)C(C)(C)CCC6(C)C)cc2)cc1. The Labute approximate surface area is 523 Å². The van der Waals surface area contributed by atoms with Gasteiger partial charge in [-0.2, -0.15) is 0 Å². The molecule has 2 aliphatic carbocycles. The molecule has 3 heteroatoms. The average molecular weight is 1140 g/mol. The predicted octanol–water partition coefficient (Wildman–Crippen LogP) is 21.0. The third kappa shape index (κ3) is 9.75. The van der Waals surface area contributed by atoms with Gasteiger partial charge in [0.2, 0.25) is 0 Å². The van der Waals surface area contributed by atoms with Crippen LogP contribution in [0, 0.1) is 0 Å². The van der Waals surface area contributed by atoms with Gasteiger partial charge in [-0.1, -0.05) is 264 Å². The first-order valence-electron chi connectivity index (χ1n) is 32.6. The number of rotatable bonds is 8. The molecule has 0 N–H and O–H groups in total. The van der Waals surface area contributed by atoms with Crippen LogP contribution in [-0.4, -0.2) is 6.71 Å². The van der Waals surface area contributed by atoms with Crippen molar-refractivity contribution in [3.63, 3.8) is 0 Å². The molecular weight excluding hydrogens is 1050 g/mol. The fourth-order valence-corrected chi connectivity index (χ4v) is 15.5. The van der Waals surface area contributed by atoms with E-state index in [1.807, 2.05) is 0 Å². The smallest absolute Gasteiger partial charge is 0.252 e. The van der Waals surface area contributed by atoms with Crippen LogP contribution in [0.2, 0.25) is 0 Å². The maximum Gasteiger partial charge on any atom is 0.252 e. The molecule has 9 aromatic rings. The molecule has 0 saturated carbocycles. The van der Waals surface area contributed by atoms with Crippen LogP contribution in [-0.2, 0) is 43.3 Å². The molecule has 0 atom stereocenters. The van der Waals surface area contributed by atoms with Gasteiger partial charge in [-0.05, 0) is 195 Å². The number of fused-ring (bicyclic) bond motifs is 6. The molecule has 2 nitrogen and oxygen atoms in total. The van der Waals surface area contributed by atoms with E-state index in [-0.39, 0.29) is 50.0 Å². The van der Waals surface area contributed by atoms with E-state index in [9.17, 15) is 0 Å². The lowest BCUT2D eigenvalue weighted by Crippen LogP contribution is -2.62. The van der Waals surface area contributed by atoms with Gasteiger partial charge in [0.05, 0.1) is 5.69 Å². The van der Waals surface area contributed by atoms with Crippen molar-refractivity contribution in [2.75, 3.05) is 9.80 Å². The quantitative estimate of drug-likeness (QED) is 0.140. The second kappa shape index (κ2) is 20.1. The summed E-state index contributed by atoms with van der Waals surface area (Å²) in [5, 5.41) is 0. The summed E-state index contributed by atoms with van der Waals surface area (Å²) in [6, 6.07) is 74.2. The fourth-order valence-electron chi connectivity index (χ4n) is 15.5. The van der Waals surface area contributed by atoms with E-state index in [1.165, 1.54) is 135 Å². The highest BCUT2D eigenvalue weighted by atomic mass is 15.2. The normalized spacial score (nSPS) is 17.2. The minimum atomic E-state index is -0.278. The van der Waals surface area contributed by atoms with Crippen molar-refractivity contribution in [1.29, 1.82) is 0 Å². The molecular formula is C84H93BN2. The first-order chi connectivity index (χ1) is 40.9. The van der Waals surface area contributed by atoms with Gasteiger partial charge in [0.15, 0.2) is 0 Å². The van der Waals surface area contributed by atoms with Gasteiger partial charge in [-0.3, -0.25) is 0 Å². The van der Waals surface area contributed by atoms with Crippen molar-refractivity contribution in [3.8, 4) is 22.3 Å². The van der Waals surface area contributed by atoms with Crippen LogP contribution in [0.3, 0.4) is 0 Å². The summed E-state index contributed by atoms with van der Waals surface area (Å²) in [5.41, 5.74) is 29.8. The van der Waals surface area contributed by atoms with Crippen molar-refractivity contribution in [2.24, 2.45) is 0 Å². The number of hydrogen-bond donors (Lipinski definition) is 0. The van der Waals surface area contributed by atoms with Crippen LogP contribution in [0.5, 0.6) is 0 Å². The van der Waals surface area contributed by atoms with Crippen LogP contribution < -0.4 is 26.2 Å². The summed E-state index contributed by atoms with van der Waals surface area (Å²) in [7, 11) is 0. The molecule has 0 amide bonds. The number of anilines is 6.